The quantitative estimate of drug-likeness (QED) is 0.735. The maximum atomic E-state index is 11.7. The summed E-state index contributed by atoms with van der Waals surface area (Å²) in [5.41, 5.74) is 6.74. The first-order valence-electron chi connectivity index (χ1n) is 10.7. The first-order valence-corrected chi connectivity index (χ1v) is 12.5. The first kappa shape index (κ1) is 23.5. The molecular formula is C22H33ClN2O4S. The zero-order valence-electron chi connectivity index (χ0n) is 17.6. The lowest BCUT2D eigenvalue weighted by molar-refractivity contribution is -0.170. The Labute approximate surface area is 185 Å². The van der Waals surface area contributed by atoms with Gasteiger partial charge in [0.05, 0.1) is 11.5 Å². The Morgan fingerprint density at radius 3 is 2.37 bits per heavy atom. The number of sulfone groups is 1. The van der Waals surface area contributed by atoms with E-state index in [1.54, 1.807) is 13.2 Å². The summed E-state index contributed by atoms with van der Waals surface area (Å²) < 4.78 is 29.8. The highest BCUT2D eigenvalue weighted by molar-refractivity contribution is 7.91. The lowest BCUT2D eigenvalue weighted by atomic mass is 9.62. The molecule has 1 aliphatic carbocycles. The monoisotopic (exact) mass is 456 g/mol. The van der Waals surface area contributed by atoms with Gasteiger partial charge in [-0.15, -0.1) is 12.4 Å². The van der Waals surface area contributed by atoms with Crippen LogP contribution in [-0.2, 0) is 20.2 Å². The van der Waals surface area contributed by atoms with Crippen LogP contribution in [0.15, 0.2) is 24.3 Å². The Hall–Kier alpha value is -1.15. The van der Waals surface area contributed by atoms with E-state index in [2.05, 4.69) is 11.0 Å². The van der Waals surface area contributed by atoms with Crippen molar-refractivity contribution in [3.63, 3.8) is 0 Å². The van der Waals surface area contributed by atoms with Crippen LogP contribution in [0, 0.1) is 17.8 Å². The molecule has 0 aromatic heterocycles. The Balaban J connectivity index is 0.00000256. The van der Waals surface area contributed by atoms with Crippen LogP contribution in [0.25, 0.3) is 0 Å². The topological polar surface area (TPSA) is 89.7 Å². The molecule has 0 spiro atoms. The number of likely N-dealkylation sites (tertiary alicyclic amines) is 1. The normalized spacial score (nSPS) is 31.6. The van der Waals surface area contributed by atoms with Crippen LogP contribution in [0.4, 0.5) is 0 Å². The van der Waals surface area contributed by atoms with Crippen LogP contribution in [0.2, 0.25) is 0 Å². The molecule has 1 aromatic rings. The Morgan fingerprint density at radius 1 is 1.17 bits per heavy atom. The van der Waals surface area contributed by atoms with Gasteiger partial charge in [0.15, 0.2) is 0 Å². The summed E-state index contributed by atoms with van der Waals surface area (Å²) in [6.45, 7) is 2.88. The maximum Gasteiger partial charge on any atom is 0.248 e. The van der Waals surface area contributed by atoms with E-state index in [4.69, 9.17) is 10.5 Å². The van der Waals surface area contributed by atoms with Gasteiger partial charge < -0.3 is 15.4 Å². The number of carbonyl (C=O) groups excluding carboxylic acids is 1. The number of fused-ring (bicyclic) bond motifs is 2. The molecule has 30 heavy (non-hydrogen) atoms. The molecule has 2 N–H and O–H groups in total. The summed E-state index contributed by atoms with van der Waals surface area (Å²) >= 11 is 0. The third kappa shape index (κ3) is 4.40. The highest BCUT2D eigenvalue weighted by Gasteiger charge is 2.53. The van der Waals surface area contributed by atoms with Crippen molar-refractivity contribution in [1.82, 2.24) is 4.90 Å². The zero-order chi connectivity index (χ0) is 20.6. The second-order valence-corrected chi connectivity index (χ2v) is 11.4. The van der Waals surface area contributed by atoms with Crippen molar-refractivity contribution in [3.8, 4) is 0 Å². The number of hydrogen-bond donors (Lipinski definition) is 1. The predicted octanol–water partition coefficient (Wildman–Crippen LogP) is 2.61. The summed E-state index contributed by atoms with van der Waals surface area (Å²) in [6.07, 6.45) is 4.96. The van der Waals surface area contributed by atoms with Crippen molar-refractivity contribution in [3.05, 3.63) is 35.4 Å². The van der Waals surface area contributed by atoms with Gasteiger partial charge in [-0.05, 0) is 49.3 Å². The molecule has 1 saturated carbocycles. The predicted molar refractivity (Wildman–Crippen MR) is 120 cm³/mol. The first-order chi connectivity index (χ1) is 13.8. The number of hydrogen-bond acceptors (Lipinski definition) is 5. The maximum absolute atomic E-state index is 11.7. The summed E-state index contributed by atoms with van der Waals surface area (Å²) in [6, 6.07) is 7.65. The molecule has 1 aromatic carbocycles. The molecule has 3 fully saturated rings. The van der Waals surface area contributed by atoms with E-state index in [9.17, 15) is 13.2 Å². The number of benzene rings is 1. The fourth-order valence-corrected chi connectivity index (χ4v) is 7.59. The zero-order valence-corrected chi connectivity index (χ0v) is 19.2. The summed E-state index contributed by atoms with van der Waals surface area (Å²) in [5, 5.41) is 0. The molecule has 6 nitrogen and oxygen atoms in total. The number of ether oxygens (including phenoxy) is 1. The number of rotatable bonds is 5. The van der Waals surface area contributed by atoms with Crippen molar-refractivity contribution in [2.75, 3.05) is 38.2 Å². The Bertz CT molecular complexity index is 848. The number of nitrogens with two attached hydrogens (primary N) is 1. The number of amides is 1. The van der Waals surface area contributed by atoms with Crippen LogP contribution in [0.1, 0.15) is 48.0 Å². The highest BCUT2D eigenvalue weighted by atomic mass is 35.5. The second-order valence-electron chi connectivity index (χ2n) is 9.08. The van der Waals surface area contributed by atoms with Gasteiger partial charge in [-0.2, -0.15) is 0 Å². The average Bonchev–Trinajstić information content (AvgIpc) is 2.69. The highest BCUT2D eigenvalue weighted by Crippen LogP contribution is 2.51. The van der Waals surface area contributed by atoms with Gasteiger partial charge in [0.1, 0.15) is 15.4 Å². The molecule has 1 amide bonds. The van der Waals surface area contributed by atoms with Gasteiger partial charge in [-0.1, -0.05) is 18.6 Å². The van der Waals surface area contributed by atoms with Crippen LogP contribution in [0.5, 0.6) is 0 Å². The van der Waals surface area contributed by atoms with E-state index < -0.39 is 15.7 Å². The fraction of sp³-hybridized carbons (Fsp3) is 0.682. The van der Waals surface area contributed by atoms with Gasteiger partial charge in [-0.3, -0.25) is 4.79 Å². The Morgan fingerprint density at radius 2 is 1.80 bits per heavy atom. The number of primary amides is 1. The lowest BCUT2D eigenvalue weighted by Gasteiger charge is -2.56. The molecule has 3 atom stereocenters. The number of carbonyl (C=O) groups is 1. The minimum atomic E-state index is -2.82. The molecule has 2 saturated heterocycles. The van der Waals surface area contributed by atoms with Gasteiger partial charge in [0.2, 0.25) is 5.91 Å². The third-order valence-corrected chi connectivity index (χ3v) is 9.12. The van der Waals surface area contributed by atoms with E-state index in [0.29, 0.717) is 34.8 Å². The smallest absolute Gasteiger partial charge is 0.248 e. The van der Waals surface area contributed by atoms with Crippen LogP contribution in [0.3, 0.4) is 0 Å². The molecule has 2 bridgehead atoms. The fourth-order valence-electron chi connectivity index (χ4n) is 6.00. The van der Waals surface area contributed by atoms with Crippen LogP contribution in [-0.4, -0.2) is 57.5 Å². The summed E-state index contributed by atoms with van der Waals surface area (Å²) in [4.78, 5) is 14.3. The number of halogens is 1. The second kappa shape index (κ2) is 9.15. The lowest BCUT2D eigenvalue weighted by Crippen LogP contribution is -2.59. The molecule has 1 unspecified atom stereocenters. The van der Waals surface area contributed by atoms with Gasteiger partial charge >= 0.3 is 0 Å². The van der Waals surface area contributed by atoms with Gasteiger partial charge in [0.25, 0.3) is 0 Å². The Kier molecular flexibility index (Phi) is 7.17. The summed E-state index contributed by atoms with van der Waals surface area (Å²) in [7, 11) is -1.02. The summed E-state index contributed by atoms with van der Waals surface area (Å²) in [5.74, 6) is 1.44. The molecule has 2 heterocycles. The van der Waals surface area contributed by atoms with Crippen molar-refractivity contribution in [1.29, 1.82) is 0 Å². The van der Waals surface area contributed by atoms with E-state index in [1.807, 2.05) is 12.1 Å². The molecule has 3 aliphatic rings. The van der Waals surface area contributed by atoms with Gasteiger partial charge in [0, 0.05) is 44.1 Å². The number of nitrogens with zero attached hydrogens (tertiary/aromatic N) is 1. The molecule has 2 aliphatic heterocycles. The molecule has 8 heteroatoms. The van der Waals surface area contributed by atoms with Crippen molar-refractivity contribution < 1.29 is 17.9 Å². The number of piperidine rings is 1. The van der Waals surface area contributed by atoms with Crippen molar-refractivity contribution in [2.45, 2.75) is 37.7 Å². The average molecular weight is 457 g/mol. The SMILES string of the molecule is COC1(c2cccc(C(N)=O)c2)[C@@H]2CCC[C@H]1CN(CC1CCS(=O)(=O)CC1)C2.Cl. The van der Waals surface area contributed by atoms with E-state index in [-0.39, 0.29) is 18.0 Å². The molecule has 0 radical (unpaired) electrons. The van der Waals surface area contributed by atoms with E-state index >= 15 is 0 Å². The standard InChI is InChI=1S/C22H32N2O4S.ClH/c1-28-22(18-5-2-4-17(12-18)21(23)25)19-6-3-7-20(22)15-24(14-19)13-16-8-10-29(26,27)11-9-16;/h2,4-5,12,16,19-20H,3,6-11,13-15H2,1H3,(H2,23,25);1H/t19-,20+,22?;. The van der Waals surface area contributed by atoms with Crippen LogP contribution < -0.4 is 5.73 Å². The van der Waals surface area contributed by atoms with E-state index in [1.165, 1.54) is 6.42 Å². The van der Waals surface area contributed by atoms with E-state index in [0.717, 1.165) is 50.9 Å². The van der Waals surface area contributed by atoms with Gasteiger partial charge in [-0.25, -0.2) is 8.42 Å². The van der Waals surface area contributed by atoms with Crippen molar-refractivity contribution in [2.24, 2.45) is 23.5 Å². The third-order valence-electron chi connectivity index (χ3n) is 7.40. The van der Waals surface area contributed by atoms with Crippen molar-refractivity contribution >= 4 is 28.2 Å². The number of methoxy groups -OCH3 is 1. The largest absolute Gasteiger partial charge is 0.373 e. The molecule has 168 valence electrons. The van der Waals surface area contributed by atoms with Crippen LogP contribution >= 0.6 is 12.4 Å². The molecule has 4 rings (SSSR count). The minimum absolute atomic E-state index is 0. The molecular weight excluding hydrogens is 424 g/mol. The minimum Gasteiger partial charge on any atom is -0.373 e.